The largest absolute Gasteiger partial charge is 0.494 e. The van der Waals surface area contributed by atoms with Crippen molar-refractivity contribution >= 4 is 49.6 Å². The van der Waals surface area contributed by atoms with Crippen LogP contribution < -0.4 is 9.46 Å². The first-order chi connectivity index (χ1) is 27.9. The Hall–Kier alpha value is -6.56. The molecule has 292 valence electrons. The second-order valence-corrected chi connectivity index (χ2v) is 17.2. The summed E-state index contributed by atoms with van der Waals surface area (Å²) >= 11 is 1.63. The van der Waals surface area contributed by atoms with Crippen molar-refractivity contribution in [1.82, 2.24) is 19.7 Å². The number of sulfonamides is 1. The number of anilines is 1. The summed E-state index contributed by atoms with van der Waals surface area (Å²) in [4.78, 5) is 21.3. The van der Waals surface area contributed by atoms with E-state index in [2.05, 4.69) is 39.8 Å². The molecule has 8 rings (SSSR count). The number of aromatic nitrogens is 4. The number of carboxylic acid groups (broad SMARTS) is 1. The molecule has 0 saturated heterocycles. The molecule has 4 heterocycles. The van der Waals surface area contributed by atoms with E-state index < -0.39 is 22.0 Å². The van der Waals surface area contributed by atoms with Crippen molar-refractivity contribution in [3.05, 3.63) is 141 Å². The number of aryl methyl sites for hydroxylation is 4. The molecule has 0 spiro atoms. The maximum atomic E-state index is 13.2. The molecule has 0 amide bonds. The Morgan fingerprint density at radius 1 is 0.948 bits per heavy atom. The van der Waals surface area contributed by atoms with Gasteiger partial charge in [-0.05, 0) is 98.7 Å². The topological polar surface area (TPSA) is 175 Å². The quantitative estimate of drug-likeness (QED) is 0.103. The third-order valence-electron chi connectivity index (χ3n) is 10.5. The number of carbonyl (C=O) groups is 1. The summed E-state index contributed by atoms with van der Waals surface area (Å²) in [7, 11) is -3.86. The molecule has 3 aromatic heterocycles. The molecule has 0 bridgehead atoms. The van der Waals surface area contributed by atoms with Crippen molar-refractivity contribution in [3.63, 3.8) is 0 Å². The highest BCUT2D eigenvalue weighted by Crippen LogP contribution is 2.40. The van der Waals surface area contributed by atoms with Crippen LogP contribution in [-0.2, 0) is 21.2 Å². The molecule has 1 aliphatic rings. The maximum Gasteiger partial charge on any atom is 0.306 e. The van der Waals surface area contributed by atoms with Crippen LogP contribution in [0.2, 0.25) is 0 Å². The van der Waals surface area contributed by atoms with E-state index in [1.54, 1.807) is 41.8 Å². The molecule has 58 heavy (non-hydrogen) atoms. The number of carboxylic acids is 1. The van der Waals surface area contributed by atoms with Crippen molar-refractivity contribution in [2.24, 2.45) is 4.99 Å². The summed E-state index contributed by atoms with van der Waals surface area (Å²) in [6.45, 7) is 8.39. The second kappa shape index (κ2) is 15.4. The summed E-state index contributed by atoms with van der Waals surface area (Å²) in [5, 5.41) is 29.5. The number of hydrogen-bond donors (Lipinski definition) is 3. The average Bonchev–Trinajstić information content (AvgIpc) is 3.89. The van der Waals surface area contributed by atoms with Gasteiger partial charge in [0.05, 0.1) is 40.4 Å². The first-order valence-corrected chi connectivity index (χ1v) is 21.0. The van der Waals surface area contributed by atoms with Gasteiger partial charge in [0.2, 0.25) is 0 Å². The Bertz CT molecular complexity index is 2880. The highest BCUT2D eigenvalue weighted by atomic mass is 32.2. The number of aliphatic carboxylic acids is 1. The number of H-pyrrole nitrogens is 1. The lowest BCUT2D eigenvalue weighted by Gasteiger charge is -2.12. The van der Waals surface area contributed by atoms with E-state index in [1.807, 2.05) is 79.1 Å². The minimum atomic E-state index is -3.86. The predicted octanol–water partition coefficient (Wildman–Crippen LogP) is 8.76. The van der Waals surface area contributed by atoms with Crippen LogP contribution in [0, 0.1) is 39.0 Å². The normalized spacial score (nSPS) is 13.6. The lowest BCUT2D eigenvalue weighted by molar-refractivity contribution is -0.137. The summed E-state index contributed by atoms with van der Waals surface area (Å²) in [6, 6.07) is 27.8. The summed E-state index contributed by atoms with van der Waals surface area (Å²) in [5.41, 5.74) is 9.04. The highest BCUT2D eigenvalue weighted by molar-refractivity contribution is 7.92. The lowest BCUT2D eigenvalue weighted by atomic mass is 9.97. The SMILES string of the molecule is Cc1sc2c(c1C)C(c1ccc(-c3ccc(OCCCc4ccc(S(=O)(=O)Nc5ccc(C)c6c(C#N)c[nH]c56)cc4)cc3)cc1)=N[C@@H](CC(=O)O)c1nnc(C)n1-2. The number of aromatic amines is 1. The smallest absolute Gasteiger partial charge is 0.306 e. The average molecular weight is 810 g/mol. The maximum absolute atomic E-state index is 13.2. The number of fused-ring (bicyclic) bond motifs is 4. The minimum Gasteiger partial charge on any atom is -0.494 e. The molecular formula is C44H39N7O5S2. The monoisotopic (exact) mass is 809 g/mol. The van der Waals surface area contributed by atoms with Gasteiger partial charge in [0.15, 0.2) is 5.82 Å². The molecule has 0 radical (unpaired) electrons. The Morgan fingerprint density at radius 2 is 1.64 bits per heavy atom. The van der Waals surface area contributed by atoms with E-state index in [9.17, 15) is 23.6 Å². The number of ether oxygens (including phenoxy) is 1. The van der Waals surface area contributed by atoms with Crippen molar-refractivity contribution in [2.45, 2.75) is 57.9 Å². The third-order valence-corrected chi connectivity index (χ3v) is 13.0. The number of thiophene rings is 1. The van der Waals surface area contributed by atoms with Gasteiger partial charge >= 0.3 is 5.97 Å². The van der Waals surface area contributed by atoms with Gasteiger partial charge in [0.25, 0.3) is 10.0 Å². The molecule has 7 aromatic rings. The van der Waals surface area contributed by atoms with E-state index in [0.29, 0.717) is 46.8 Å². The fraction of sp³-hybridized carbons (Fsp3) is 0.205. The van der Waals surface area contributed by atoms with Gasteiger partial charge in [-0.25, -0.2) is 8.42 Å². The number of benzene rings is 4. The molecule has 3 N–H and O–H groups in total. The number of hydrogen-bond acceptors (Lipinski definition) is 9. The lowest BCUT2D eigenvalue weighted by Crippen LogP contribution is -2.13. The Morgan fingerprint density at radius 3 is 2.33 bits per heavy atom. The van der Waals surface area contributed by atoms with Crippen LogP contribution in [0.25, 0.3) is 27.0 Å². The van der Waals surface area contributed by atoms with Crippen LogP contribution in [0.1, 0.15) is 68.8 Å². The van der Waals surface area contributed by atoms with E-state index in [1.165, 1.54) is 0 Å². The molecule has 1 atom stereocenters. The van der Waals surface area contributed by atoms with Gasteiger partial charge in [-0.3, -0.25) is 19.1 Å². The number of aliphatic imine (C=N–C) groups is 1. The van der Waals surface area contributed by atoms with E-state index in [-0.39, 0.29) is 11.3 Å². The van der Waals surface area contributed by atoms with Gasteiger partial charge in [-0.2, -0.15) is 5.26 Å². The van der Waals surface area contributed by atoms with Crippen molar-refractivity contribution in [2.75, 3.05) is 11.3 Å². The summed E-state index contributed by atoms with van der Waals surface area (Å²) in [5.74, 6) is 1.02. The first kappa shape index (κ1) is 38.3. The molecular weight excluding hydrogens is 771 g/mol. The van der Waals surface area contributed by atoms with Crippen LogP contribution >= 0.6 is 11.3 Å². The standard InChI is InChI=1S/C44H39N7O5S2/c1-25-7-20-36(42-39(25)33(23-45)24-46-42)50-58(54,55)35-18-8-29(9-19-35)6-5-21-56-34-16-14-31(15-17-34)30-10-12-32(13-11-30)41-40-26(2)27(3)57-44(40)51-28(4)48-49-43(51)37(47-41)22-38(52)53/h7-20,24,37,46,50H,5-6,21-22H2,1-4H3,(H,52,53)/t37-/m0/s1. The first-order valence-electron chi connectivity index (χ1n) is 18.7. The zero-order valence-electron chi connectivity index (χ0n) is 32.2. The number of rotatable bonds is 12. The minimum absolute atomic E-state index is 0.147. The Balaban J connectivity index is 0.892. The Labute approximate surface area is 339 Å². The van der Waals surface area contributed by atoms with Gasteiger partial charge in [-0.15, -0.1) is 21.5 Å². The zero-order chi connectivity index (χ0) is 40.7. The molecule has 0 fully saturated rings. The van der Waals surface area contributed by atoms with Crippen LogP contribution in [0.4, 0.5) is 5.69 Å². The number of nitrogens with one attached hydrogen (secondary N) is 2. The molecule has 0 unspecified atom stereocenters. The summed E-state index contributed by atoms with van der Waals surface area (Å²) < 4.78 is 37.1. The molecule has 0 saturated carbocycles. The number of nitriles is 1. The third kappa shape index (κ3) is 7.26. The van der Waals surface area contributed by atoms with Crippen molar-refractivity contribution in [1.29, 1.82) is 5.26 Å². The van der Waals surface area contributed by atoms with Crippen LogP contribution in [-0.4, -0.2) is 51.6 Å². The van der Waals surface area contributed by atoms with Crippen LogP contribution in [0.3, 0.4) is 0 Å². The zero-order valence-corrected chi connectivity index (χ0v) is 33.8. The molecule has 1 aliphatic heterocycles. The van der Waals surface area contributed by atoms with Gasteiger partial charge in [0.1, 0.15) is 28.7 Å². The molecule has 0 aliphatic carbocycles. The van der Waals surface area contributed by atoms with E-state index in [0.717, 1.165) is 66.7 Å². The fourth-order valence-corrected chi connectivity index (χ4v) is 9.64. The fourth-order valence-electron chi connectivity index (χ4n) is 7.35. The van der Waals surface area contributed by atoms with Crippen LogP contribution in [0.15, 0.2) is 101 Å². The van der Waals surface area contributed by atoms with Gasteiger partial charge in [0, 0.05) is 27.6 Å². The molecule has 14 heteroatoms. The molecule has 12 nitrogen and oxygen atoms in total. The van der Waals surface area contributed by atoms with E-state index >= 15 is 0 Å². The van der Waals surface area contributed by atoms with Crippen molar-refractivity contribution < 1.29 is 23.1 Å². The number of nitrogens with zero attached hydrogens (tertiary/aromatic N) is 5. The van der Waals surface area contributed by atoms with E-state index in [4.69, 9.17) is 9.73 Å². The Kier molecular flexibility index (Phi) is 10.2. The van der Waals surface area contributed by atoms with Crippen LogP contribution in [0.5, 0.6) is 5.75 Å². The second-order valence-electron chi connectivity index (χ2n) is 14.3. The van der Waals surface area contributed by atoms with Gasteiger partial charge < -0.3 is 14.8 Å². The predicted molar refractivity (Wildman–Crippen MR) is 225 cm³/mol. The highest BCUT2D eigenvalue weighted by Gasteiger charge is 2.32. The molecule has 4 aromatic carbocycles. The van der Waals surface area contributed by atoms with Gasteiger partial charge in [-0.1, -0.05) is 54.6 Å². The van der Waals surface area contributed by atoms with Crippen molar-refractivity contribution in [3.8, 4) is 27.9 Å². The summed E-state index contributed by atoms with van der Waals surface area (Å²) in [6.07, 6.45) is 2.84.